The number of anilines is 1. The standard InChI is InChI=1S/C14H20N2O2/c1-3-16(4-2)11-7-5-10(6-8-11)12-9-14(12,15)13(17)18/h5-8,12H,3-4,9,15H2,1-2H3,(H,17,18)/t12-,14+/m0/s1. The van der Waals surface area contributed by atoms with Gasteiger partial charge < -0.3 is 15.7 Å². The van der Waals surface area contributed by atoms with Crippen LogP contribution in [0.1, 0.15) is 31.7 Å². The fourth-order valence-electron chi connectivity index (χ4n) is 2.44. The molecule has 0 spiro atoms. The molecule has 0 unspecified atom stereocenters. The summed E-state index contributed by atoms with van der Waals surface area (Å²) in [5.74, 6) is -0.943. The second-order valence-electron chi connectivity index (χ2n) is 4.87. The van der Waals surface area contributed by atoms with Crippen LogP contribution in [0.15, 0.2) is 24.3 Å². The van der Waals surface area contributed by atoms with Crippen molar-refractivity contribution in [2.75, 3.05) is 18.0 Å². The number of hydrogen-bond donors (Lipinski definition) is 2. The Labute approximate surface area is 107 Å². The van der Waals surface area contributed by atoms with Crippen LogP contribution in [0, 0.1) is 0 Å². The molecule has 2 rings (SSSR count). The van der Waals surface area contributed by atoms with Gasteiger partial charge in [-0.3, -0.25) is 4.79 Å². The maximum absolute atomic E-state index is 11.0. The highest BCUT2D eigenvalue weighted by Gasteiger charge is 2.58. The Balaban J connectivity index is 2.13. The highest BCUT2D eigenvalue weighted by molar-refractivity contribution is 5.85. The quantitative estimate of drug-likeness (QED) is 0.834. The molecule has 0 radical (unpaired) electrons. The first kappa shape index (κ1) is 12.9. The molecule has 0 bridgehead atoms. The molecule has 0 amide bonds. The van der Waals surface area contributed by atoms with Gasteiger partial charge in [-0.1, -0.05) is 12.1 Å². The first-order valence-electron chi connectivity index (χ1n) is 6.40. The van der Waals surface area contributed by atoms with Gasteiger partial charge in [-0.25, -0.2) is 0 Å². The lowest BCUT2D eigenvalue weighted by molar-refractivity contribution is -0.139. The molecule has 1 aliphatic rings. The van der Waals surface area contributed by atoms with Gasteiger partial charge >= 0.3 is 5.97 Å². The largest absolute Gasteiger partial charge is 0.480 e. The Morgan fingerprint density at radius 1 is 1.39 bits per heavy atom. The maximum atomic E-state index is 11.0. The molecule has 0 heterocycles. The number of aliphatic carboxylic acids is 1. The second kappa shape index (κ2) is 4.61. The van der Waals surface area contributed by atoms with E-state index >= 15 is 0 Å². The van der Waals surface area contributed by atoms with E-state index in [-0.39, 0.29) is 5.92 Å². The van der Waals surface area contributed by atoms with Crippen molar-refractivity contribution >= 4 is 11.7 Å². The van der Waals surface area contributed by atoms with Gasteiger partial charge in [0.25, 0.3) is 0 Å². The van der Waals surface area contributed by atoms with Crippen LogP contribution in [0.3, 0.4) is 0 Å². The molecule has 1 saturated carbocycles. The summed E-state index contributed by atoms with van der Waals surface area (Å²) in [6.45, 7) is 6.17. The minimum Gasteiger partial charge on any atom is -0.480 e. The first-order valence-corrected chi connectivity index (χ1v) is 6.40. The Morgan fingerprint density at radius 3 is 2.33 bits per heavy atom. The molecule has 1 aliphatic carbocycles. The third kappa shape index (κ3) is 2.08. The van der Waals surface area contributed by atoms with E-state index in [1.165, 1.54) is 5.69 Å². The minimum atomic E-state index is -1.04. The monoisotopic (exact) mass is 248 g/mol. The Hall–Kier alpha value is -1.55. The zero-order chi connectivity index (χ0) is 13.3. The molecule has 18 heavy (non-hydrogen) atoms. The highest BCUT2D eigenvalue weighted by atomic mass is 16.4. The molecule has 4 nitrogen and oxygen atoms in total. The van der Waals surface area contributed by atoms with Crippen molar-refractivity contribution in [3.63, 3.8) is 0 Å². The normalized spacial score (nSPS) is 25.8. The van der Waals surface area contributed by atoms with Crippen LogP contribution in [0.5, 0.6) is 0 Å². The molecule has 2 atom stereocenters. The van der Waals surface area contributed by atoms with Gasteiger partial charge in [-0.15, -0.1) is 0 Å². The first-order chi connectivity index (χ1) is 8.52. The summed E-state index contributed by atoms with van der Waals surface area (Å²) in [6, 6.07) is 8.08. The molecule has 1 aromatic rings. The number of carboxylic acids is 1. The average Bonchev–Trinajstić information content (AvgIpc) is 3.06. The molecule has 0 aliphatic heterocycles. The van der Waals surface area contributed by atoms with Crippen LogP contribution >= 0.6 is 0 Å². The molecular weight excluding hydrogens is 228 g/mol. The molecule has 1 aromatic carbocycles. The lowest BCUT2D eigenvalue weighted by atomic mass is 10.1. The van der Waals surface area contributed by atoms with Crippen LogP contribution in [-0.4, -0.2) is 29.7 Å². The lowest BCUT2D eigenvalue weighted by Crippen LogP contribution is -2.34. The summed E-state index contributed by atoms with van der Waals surface area (Å²) in [4.78, 5) is 13.3. The summed E-state index contributed by atoms with van der Waals surface area (Å²) in [7, 11) is 0. The van der Waals surface area contributed by atoms with Crippen LogP contribution in [0.25, 0.3) is 0 Å². The van der Waals surface area contributed by atoms with E-state index in [9.17, 15) is 4.79 Å². The Bertz CT molecular complexity index is 440. The Morgan fingerprint density at radius 2 is 1.94 bits per heavy atom. The van der Waals surface area contributed by atoms with E-state index in [0.29, 0.717) is 6.42 Å². The topological polar surface area (TPSA) is 66.6 Å². The summed E-state index contributed by atoms with van der Waals surface area (Å²) in [5, 5.41) is 9.03. The molecule has 0 aromatic heterocycles. The van der Waals surface area contributed by atoms with E-state index in [1.807, 2.05) is 24.3 Å². The van der Waals surface area contributed by atoms with Gasteiger partial charge in [0.05, 0.1) is 0 Å². The van der Waals surface area contributed by atoms with Gasteiger partial charge in [0.1, 0.15) is 5.54 Å². The van der Waals surface area contributed by atoms with Crippen LogP contribution in [0.4, 0.5) is 5.69 Å². The van der Waals surface area contributed by atoms with Crippen molar-refractivity contribution in [1.29, 1.82) is 0 Å². The SMILES string of the molecule is CCN(CC)c1ccc([C@@H]2C[C@]2(N)C(=O)O)cc1. The van der Waals surface area contributed by atoms with Gasteiger partial charge in [0.2, 0.25) is 0 Å². The van der Waals surface area contributed by atoms with Crippen LogP contribution < -0.4 is 10.6 Å². The molecule has 3 N–H and O–H groups in total. The fraction of sp³-hybridized carbons (Fsp3) is 0.500. The zero-order valence-corrected chi connectivity index (χ0v) is 10.9. The Kier molecular flexibility index (Phi) is 3.30. The second-order valence-corrected chi connectivity index (χ2v) is 4.87. The van der Waals surface area contributed by atoms with E-state index in [0.717, 1.165) is 18.7 Å². The molecule has 4 heteroatoms. The third-order valence-electron chi connectivity index (χ3n) is 3.83. The number of benzene rings is 1. The van der Waals surface area contributed by atoms with Crippen molar-refractivity contribution in [3.05, 3.63) is 29.8 Å². The van der Waals surface area contributed by atoms with Gasteiger partial charge in [-0.05, 0) is 38.0 Å². The number of carboxylic acid groups (broad SMARTS) is 1. The third-order valence-corrected chi connectivity index (χ3v) is 3.83. The maximum Gasteiger partial charge on any atom is 0.324 e. The molecule has 98 valence electrons. The predicted octanol–water partition coefficient (Wildman–Crippen LogP) is 1.80. The number of nitrogens with two attached hydrogens (primary N) is 1. The van der Waals surface area contributed by atoms with Crippen molar-refractivity contribution < 1.29 is 9.90 Å². The number of carbonyl (C=O) groups is 1. The van der Waals surface area contributed by atoms with Crippen LogP contribution in [0.2, 0.25) is 0 Å². The molecule has 1 fully saturated rings. The van der Waals surface area contributed by atoms with Crippen molar-refractivity contribution in [2.24, 2.45) is 5.73 Å². The van der Waals surface area contributed by atoms with Gasteiger partial charge in [-0.2, -0.15) is 0 Å². The number of rotatable bonds is 5. The molecule has 0 saturated heterocycles. The smallest absolute Gasteiger partial charge is 0.324 e. The van der Waals surface area contributed by atoms with E-state index in [4.69, 9.17) is 10.8 Å². The van der Waals surface area contributed by atoms with Crippen LogP contribution in [-0.2, 0) is 4.79 Å². The molecular formula is C14H20N2O2. The van der Waals surface area contributed by atoms with E-state index in [2.05, 4.69) is 18.7 Å². The summed E-state index contributed by atoms with van der Waals surface area (Å²) in [6.07, 6.45) is 0.535. The predicted molar refractivity (Wildman–Crippen MR) is 71.9 cm³/mol. The van der Waals surface area contributed by atoms with E-state index in [1.54, 1.807) is 0 Å². The van der Waals surface area contributed by atoms with Crippen molar-refractivity contribution in [2.45, 2.75) is 31.7 Å². The summed E-state index contributed by atoms with van der Waals surface area (Å²) < 4.78 is 0. The zero-order valence-electron chi connectivity index (χ0n) is 10.9. The highest BCUT2D eigenvalue weighted by Crippen LogP contribution is 2.49. The van der Waals surface area contributed by atoms with Gasteiger partial charge in [0, 0.05) is 24.7 Å². The van der Waals surface area contributed by atoms with Crippen molar-refractivity contribution in [1.82, 2.24) is 0 Å². The minimum absolute atomic E-state index is 0.0410. The average molecular weight is 248 g/mol. The lowest BCUT2D eigenvalue weighted by Gasteiger charge is -2.21. The summed E-state index contributed by atoms with van der Waals surface area (Å²) >= 11 is 0. The number of nitrogens with zero attached hydrogens (tertiary/aromatic N) is 1. The number of hydrogen-bond acceptors (Lipinski definition) is 3. The fourth-order valence-corrected chi connectivity index (χ4v) is 2.44. The van der Waals surface area contributed by atoms with Gasteiger partial charge in [0.15, 0.2) is 0 Å². The summed E-state index contributed by atoms with van der Waals surface area (Å²) in [5.41, 5.74) is 6.95. The van der Waals surface area contributed by atoms with Crippen molar-refractivity contribution in [3.8, 4) is 0 Å². The van der Waals surface area contributed by atoms with E-state index < -0.39 is 11.5 Å².